The Morgan fingerprint density at radius 1 is 1.29 bits per heavy atom. The number of carbonyl (C=O) groups excluding carboxylic acids is 1. The van der Waals surface area contributed by atoms with Crippen LogP contribution in [0.25, 0.3) is 0 Å². The normalized spacial score (nSPS) is 16.3. The molecule has 1 amide bonds. The van der Waals surface area contributed by atoms with Crippen molar-refractivity contribution in [2.75, 3.05) is 19.4 Å². The number of aryl methyl sites for hydroxylation is 1. The van der Waals surface area contributed by atoms with Crippen molar-refractivity contribution in [3.63, 3.8) is 0 Å². The molecule has 0 radical (unpaired) electrons. The summed E-state index contributed by atoms with van der Waals surface area (Å²) in [5.41, 5.74) is 1.71. The van der Waals surface area contributed by atoms with Crippen molar-refractivity contribution in [1.82, 2.24) is 9.88 Å². The third kappa shape index (κ3) is 3.96. The first kappa shape index (κ1) is 15.8. The molecular weight excluding hydrogens is 262 g/mol. The van der Waals surface area contributed by atoms with Gasteiger partial charge in [-0.15, -0.1) is 0 Å². The molecule has 1 heterocycles. The van der Waals surface area contributed by atoms with E-state index >= 15 is 0 Å². The lowest BCUT2D eigenvalue weighted by Gasteiger charge is -2.27. The highest BCUT2D eigenvalue weighted by Gasteiger charge is 2.22. The molecule has 1 aliphatic rings. The van der Waals surface area contributed by atoms with Gasteiger partial charge in [-0.05, 0) is 31.4 Å². The summed E-state index contributed by atoms with van der Waals surface area (Å²) in [5, 5.41) is 3.04. The smallest absolute Gasteiger partial charge is 0.254 e. The first-order chi connectivity index (χ1) is 10.2. The zero-order valence-electron chi connectivity index (χ0n) is 13.5. The van der Waals surface area contributed by atoms with E-state index in [1.165, 1.54) is 25.7 Å². The van der Waals surface area contributed by atoms with Crippen molar-refractivity contribution >= 4 is 11.7 Å². The predicted molar refractivity (Wildman–Crippen MR) is 86.7 cm³/mol. The summed E-state index contributed by atoms with van der Waals surface area (Å²) in [6, 6.07) is 4.17. The Bertz CT molecular complexity index is 457. The number of pyridine rings is 1. The Morgan fingerprint density at radius 3 is 2.52 bits per heavy atom. The Balaban J connectivity index is 2.17. The molecule has 21 heavy (non-hydrogen) atoms. The summed E-state index contributed by atoms with van der Waals surface area (Å²) in [6.45, 7) is 2.06. The minimum atomic E-state index is 0.121. The molecule has 4 heteroatoms. The van der Waals surface area contributed by atoms with Crippen molar-refractivity contribution < 1.29 is 4.79 Å². The first-order valence-electron chi connectivity index (χ1n) is 8.11. The van der Waals surface area contributed by atoms with E-state index in [0.29, 0.717) is 6.04 Å². The zero-order chi connectivity index (χ0) is 15.2. The van der Waals surface area contributed by atoms with Gasteiger partial charge in [0.25, 0.3) is 5.91 Å². The van der Waals surface area contributed by atoms with E-state index in [-0.39, 0.29) is 5.91 Å². The van der Waals surface area contributed by atoms with Crippen molar-refractivity contribution in [1.29, 1.82) is 0 Å². The molecule has 1 N–H and O–H groups in total. The number of hydrogen-bond donors (Lipinski definition) is 1. The van der Waals surface area contributed by atoms with Crippen LogP contribution in [-0.4, -0.2) is 35.9 Å². The molecule has 4 nitrogen and oxygen atoms in total. The summed E-state index contributed by atoms with van der Waals surface area (Å²) >= 11 is 0. The fourth-order valence-corrected chi connectivity index (χ4v) is 3.03. The topological polar surface area (TPSA) is 45.2 Å². The number of carbonyl (C=O) groups is 1. The van der Waals surface area contributed by atoms with Gasteiger partial charge in [-0.2, -0.15) is 0 Å². The number of nitrogens with zero attached hydrogens (tertiary/aromatic N) is 2. The number of hydrogen-bond acceptors (Lipinski definition) is 3. The number of rotatable bonds is 4. The molecule has 1 saturated carbocycles. The summed E-state index contributed by atoms with van der Waals surface area (Å²) < 4.78 is 0. The molecule has 0 atom stereocenters. The van der Waals surface area contributed by atoms with Crippen molar-refractivity contribution in [2.45, 2.75) is 57.9 Å². The largest absolute Gasteiger partial charge is 0.373 e. The van der Waals surface area contributed by atoms with Crippen molar-refractivity contribution in [3.8, 4) is 0 Å². The highest BCUT2D eigenvalue weighted by molar-refractivity contribution is 5.95. The van der Waals surface area contributed by atoms with E-state index in [9.17, 15) is 4.79 Å². The van der Waals surface area contributed by atoms with Crippen LogP contribution in [0.5, 0.6) is 0 Å². The summed E-state index contributed by atoms with van der Waals surface area (Å²) in [7, 11) is 3.79. The molecule has 1 fully saturated rings. The minimum absolute atomic E-state index is 0.121. The maximum absolute atomic E-state index is 12.8. The second kappa shape index (κ2) is 7.43. The monoisotopic (exact) mass is 289 g/mol. The molecule has 1 aromatic heterocycles. The van der Waals surface area contributed by atoms with E-state index in [1.54, 1.807) is 0 Å². The molecule has 1 aromatic rings. The average Bonchev–Trinajstić information content (AvgIpc) is 2.82. The van der Waals surface area contributed by atoms with Gasteiger partial charge < -0.3 is 10.2 Å². The van der Waals surface area contributed by atoms with Gasteiger partial charge in [-0.25, -0.2) is 4.98 Å². The third-order valence-corrected chi connectivity index (χ3v) is 4.44. The van der Waals surface area contributed by atoms with E-state index < -0.39 is 0 Å². The van der Waals surface area contributed by atoms with E-state index in [0.717, 1.165) is 36.3 Å². The van der Waals surface area contributed by atoms with Crippen molar-refractivity contribution in [3.05, 3.63) is 23.4 Å². The van der Waals surface area contributed by atoms with Crippen LogP contribution in [0.2, 0.25) is 0 Å². The van der Waals surface area contributed by atoms with Gasteiger partial charge in [0, 0.05) is 31.4 Å². The standard InChI is InChI=1S/C17H27N3O/c1-4-14-11-13(12-16(18-2)19-14)17(21)20(3)15-9-7-5-6-8-10-15/h11-12,15H,4-10H2,1-3H3,(H,18,19). The summed E-state index contributed by atoms with van der Waals surface area (Å²) in [5.74, 6) is 0.891. The molecular formula is C17H27N3O. The van der Waals surface area contributed by atoms with Crippen LogP contribution in [-0.2, 0) is 6.42 Å². The maximum atomic E-state index is 12.8. The van der Waals surface area contributed by atoms with Gasteiger partial charge >= 0.3 is 0 Å². The molecule has 0 bridgehead atoms. The number of anilines is 1. The van der Waals surface area contributed by atoms with E-state index in [1.807, 2.05) is 31.1 Å². The lowest BCUT2D eigenvalue weighted by molar-refractivity contribution is 0.0717. The fraction of sp³-hybridized carbons (Fsp3) is 0.647. The molecule has 0 aliphatic heterocycles. The molecule has 0 unspecified atom stereocenters. The van der Waals surface area contributed by atoms with Gasteiger partial charge in [0.05, 0.1) is 0 Å². The lowest BCUT2D eigenvalue weighted by Crippen LogP contribution is -2.36. The van der Waals surface area contributed by atoms with Crippen LogP contribution in [0, 0.1) is 0 Å². The van der Waals surface area contributed by atoms with Gasteiger partial charge in [-0.1, -0.05) is 32.6 Å². The Morgan fingerprint density at radius 2 is 1.95 bits per heavy atom. The molecule has 0 aromatic carbocycles. The van der Waals surface area contributed by atoms with Crippen LogP contribution in [0.15, 0.2) is 12.1 Å². The number of aromatic nitrogens is 1. The molecule has 0 saturated heterocycles. The molecule has 116 valence electrons. The van der Waals surface area contributed by atoms with Crippen molar-refractivity contribution in [2.24, 2.45) is 0 Å². The molecule has 0 spiro atoms. The fourth-order valence-electron chi connectivity index (χ4n) is 3.03. The Labute approximate surface area is 127 Å². The maximum Gasteiger partial charge on any atom is 0.254 e. The molecule has 1 aliphatic carbocycles. The zero-order valence-corrected chi connectivity index (χ0v) is 13.5. The first-order valence-corrected chi connectivity index (χ1v) is 8.11. The number of nitrogens with one attached hydrogen (secondary N) is 1. The summed E-state index contributed by atoms with van der Waals surface area (Å²) in [4.78, 5) is 19.2. The van der Waals surface area contributed by atoms with E-state index in [4.69, 9.17) is 0 Å². The predicted octanol–water partition coefficient (Wildman–Crippen LogP) is 3.48. The van der Waals surface area contributed by atoms with Gasteiger partial charge in [0.1, 0.15) is 5.82 Å². The third-order valence-electron chi connectivity index (χ3n) is 4.44. The second-order valence-corrected chi connectivity index (χ2v) is 5.90. The van der Waals surface area contributed by atoms with Crippen LogP contribution >= 0.6 is 0 Å². The van der Waals surface area contributed by atoms with Gasteiger partial charge in [0.15, 0.2) is 0 Å². The van der Waals surface area contributed by atoms with Crippen LogP contribution in [0.3, 0.4) is 0 Å². The van der Waals surface area contributed by atoms with Crippen LogP contribution in [0.4, 0.5) is 5.82 Å². The van der Waals surface area contributed by atoms with E-state index in [2.05, 4.69) is 17.2 Å². The van der Waals surface area contributed by atoms with Crippen LogP contribution < -0.4 is 5.32 Å². The van der Waals surface area contributed by atoms with Gasteiger partial charge in [-0.3, -0.25) is 4.79 Å². The Hall–Kier alpha value is -1.58. The number of amides is 1. The van der Waals surface area contributed by atoms with Crippen LogP contribution in [0.1, 0.15) is 61.5 Å². The summed E-state index contributed by atoms with van der Waals surface area (Å²) in [6.07, 6.45) is 8.18. The second-order valence-electron chi connectivity index (χ2n) is 5.90. The lowest BCUT2D eigenvalue weighted by atomic mass is 10.1. The molecule has 2 rings (SSSR count). The SMILES string of the molecule is CCc1cc(C(=O)N(C)C2CCCCCC2)cc(NC)n1. The Kier molecular flexibility index (Phi) is 5.59. The highest BCUT2D eigenvalue weighted by atomic mass is 16.2. The van der Waals surface area contributed by atoms with Gasteiger partial charge in [0.2, 0.25) is 0 Å². The minimum Gasteiger partial charge on any atom is -0.373 e. The highest BCUT2D eigenvalue weighted by Crippen LogP contribution is 2.23. The quantitative estimate of drug-likeness (QED) is 0.863. The average molecular weight is 289 g/mol.